The van der Waals surface area contributed by atoms with E-state index in [-0.39, 0.29) is 16.5 Å². The molecule has 3 rings (SSSR count). The lowest BCUT2D eigenvalue weighted by Crippen LogP contribution is -2.06. The highest BCUT2D eigenvalue weighted by molar-refractivity contribution is 7.99. The number of rotatable bonds is 6. The number of hydrogen-bond donors (Lipinski definition) is 1. The first-order chi connectivity index (χ1) is 13.2. The number of aliphatic carboxylic acids is 1. The molecule has 0 spiro atoms. The van der Waals surface area contributed by atoms with E-state index in [0.717, 1.165) is 40.6 Å². The van der Waals surface area contributed by atoms with Crippen molar-refractivity contribution in [2.75, 3.05) is 0 Å². The van der Waals surface area contributed by atoms with E-state index < -0.39 is 17.7 Å². The van der Waals surface area contributed by atoms with Crippen LogP contribution in [-0.2, 0) is 17.5 Å². The first kappa shape index (κ1) is 20.5. The minimum Gasteiger partial charge on any atom is -0.481 e. The third-order valence-corrected chi connectivity index (χ3v) is 5.45. The molecule has 28 heavy (non-hydrogen) atoms. The molecule has 2 aromatic heterocycles. The molecule has 1 aromatic carbocycles. The van der Waals surface area contributed by atoms with E-state index in [1.165, 1.54) is 0 Å². The van der Waals surface area contributed by atoms with Crippen molar-refractivity contribution < 1.29 is 23.1 Å². The molecule has 148 valence electrons. The van der Waals surface area contributed by atoms with Gasteiger partial charge in [0, 0.05) is 19.2 Å². The van der Waals surface area contributed by atoms with Gasteiger partial charge in [-0.2, -0.15) is 13.2 Å². The van der Waals surface area contributed by atoms with Crippen LogP contribution in [0.3, 0.4) is 0 Å². The molecule has 0 amide bonds. The van der Waals surface area contributed by atoms with Crippen molar-refractivity contribution in [2.24, 2.45) is 0 Å². The minimum atomic E-state index is -4.53. The number of hydrogen-bond acceptors (Lipinski definition) is 4. The molecule has 10 heteroatoms. The summed E-state index contributed by atoms with van der Waals surface area (Å²) >= 11 is 7.06. The molecular formula is C18H15ClF3N3O2S. The van der Waals surface area contributed by atoms with Crippen molar-refractivity contribution in [1.29, 1.82) is 0 Å². The van der Waals surface area contributed by atoms with Crippen LogP contribution in [0.5, 0.6) is 0 Å². The molecule has 0 saturated heterocycles. The maximum Gasteiger partial charge on any atom is 0.417 e. The Balaban J connectivity index is 1.98. The van der Waals surface area contributed by atoms with Crippen LogP contribution >= 0.6 is 23.4 Å². The van der Waals surface area contributed by atoms with Crippen molar-refractivity contribution in [2.45, 2.75) is 42.7 Å². The lowest BCUT2D eigenvalue weighted by Gasteiger charge is -2.10. The van der Waals surface area contributed by atoms with E-state index in [1.54, 1.807) is 0 Å². The van der Waals surface area contributed by atoms with Gasteiger partial charge in [-0.25, -0.2) is 9.97 Å². The Morgan fingerprint density at radius 2 is 2.11 bits per heavy atom. The zero-order valence-electron chi connectivity index (χ0n) is 14.6. The average Bonchev–Trinajstić information content (AvgIpc) is 2.95. The predicted molar refractivity (Wildman–Crippen MR) is 99.7 cm³/mol. The maximum absolute atomic E-state index is 12.8. The fourth-order valence-electron chi connectivity index (χ4n) is 2.69. The van der Waals surface area contributed by atoms with Gasteiger partial charge in [0.2, 0.25) is 0 Å². The highest BCUT2D eigenvalue weighted by Crippen LogP contribution is 2.37. The fourth-order valence-corrected chi connectivity index (χ4v) is 3.84. The summed E-state index contributed by atoms with van der Waals surface area (Å²) in [6.45, 7) is 2.29. The average molecular weight is 430 g/mol. The van der Waals surface area contributed by atoms with E-state index in [4.69, 9.17) is 16.7 Å². The molecule has 0 saturated carbocycles. The topological polar surface area (TPSA) is 68.0 Å². The van der Waals surface area contributed by atoms with Gasteiger partial charge in [-0.3, -0.25) is 4.79 Å². The molecule has 1 N–H and O–H groups in total. The van der Waals surface area contributed by atoms with Crippen molar-refractivity contribution in [3.63, 3.8) is 0 Å². The number of imidazole rings is 1. The Hall–Kier alpha value is -2.26. The van der Waals surface area contributed by atoms with E-state index in [1.807, 2.05) is 29.7 Å². The number of halogens is 4. The Kier molecular flexibility index (Phi) is 5.85. The largest absolute Gasteiger partial charge is 0.481 e. The summed E-state index contributed by atoms with van der Waals surface area (Å²) in [5.41, 5.74) is 1.56. The summed E-state index contributed by atoms with van der Waals surface area (Å²) in [7, 11) is 0. The van der Waals surface area contributed by atoms with Crippen LogP contribution < -0.4 is 0 Å². The number of benzene rings is 1. The van der Waals surface area contributed by atoms with Gasteiger partial charge in [-0.15, -0.1) is 0 Å². The standard InChI is InChI=1S/C18H15ClF3N3O2S/c1-10-4-2-5-13-15(10)24-17(25(13)7-3-6-14(26)27)28-16-12(19)8-11(9-23-16)18(20,21)22/h2,4-5,8-9H,3,6-7H2,1H3,(H,26,27). The lowest BCUT2D eigenvalue weighted by molar-refractivity contribution is -0.138. The van der Waals surface area contributed by atoms with Gasteiger partial charge in [0.05, 0.1) is 21.6 Å². The Labute approximate surface area is 167 Å². The Morgan fingerprint density at radius 1 is 1.36 bits per heavy atom. The maximum atomic E-state index is 12.8. The van der Waals surface area contributed by atoms with Crippen LogP contribution in [0.4, 0.5) is 13.2 Å². The van der Waals surface area contributed by atoms with Crippen molar-refractivity contribution >= 4 is 40.4 Å². The molecule has 0 atom stereocenters. The molecular weight excluding hydrogens is 415 g/mol. The molecule has 5 nitrogen and oxygen atoms in total. The van der Waals surface area contributed by atoms with E-state index >= 15 is 0 Å². The number of nitrogens with zero attached hydrogens (tertiary/aromatic N) is 3. The zero-order valence-corrected chi connectivity index (χ0v) is 16.2. The van der Waals surface area contributed by atoms with Crippen LogP contribution in [-0.4, -0.2) is 25.6 Å². The van der Waals surface area contributed by atoms with Gasteiger partial charge in [-0.05, 0) is 42.8 Å². The predicted octanol–water partition coefficient (Wildman–Crippen LogP) is 5.43. The number of para-hydroxylation sites is 1. The summed E-state index contributed by atoms with van der Waals surface area (Å²) in [6, 6.07) is 6.46. The second kappa shape index (κ2) is 8.00. The van der Waals surface area contributed by atoms with Crippen LogP contribution in [0.15, 0.2) is 40.6 Å². The number of fused-ring (bicyclic) bond motifs is 1. The van der Waals surface area contributed by atoms with Gasteiger partial charge in [0.1, 0.15) is 5.03 Å². The van der Waals surface area contributed by atoms with Gasteiger partial charge >= 0.3 is 12.1 Å². The number of aromatic nitrogens is 3. The van der Waals surface area contributed by atoms with Gasteiger partial charge in [0.25, 0.3) is 0 Å². The van der Waals surface area contributed by atoms with Crippen LogP contribution in [0.2, 0.25) is 5.02 Å². The number of aryl methyl sites for hydroxylation is 2. The summed E-state index contributed by atoms with van der Waals surface area (Å²) in [5, 5.41) is 9.44. The highest BCUT2D eigenvalue weighted by atomic mass is 35.5. The molecule has 0 aliphatic rings. The first-order valence-electron chi connectivity index (χ1n) is 8.25. The van der Waals surface area contributed by atoms with Gasteiger partial charge in [0.15, 0.2) is 5.16 Å². The third-order valence-electron chi connectivity index (χ3n) is 4.04. The molecule has 0 unspecified atom stereocenters. The monoisotopic (exact) mass is 429 g/mol. The summed E-state index contributed by atoms with van der Waals surface area (Å²) in [6.07, 6.45) is -3.41. The Morgan fingerprint density at radius 3 is 2.75 bits per heavy atom. The minimum absolute atomic E-state index is 0.00508. The Bertz CT molecular complexity index is 1040. The molecule has 0 aliphatic carbocycles. The quantitative estimate of drug-likeness (QED) is 0.566. The van der Waals surface area contributed by atoms with Crippen LogP contribution in [0, 0.1) is 6.92 Å². The molecule has 0 radical (unpaired) electrons. The van der Waals surface area contributed by atoms with Crippen molar-refractivity contribution in [1.82, 2.24) is 14.5 Å². The SMILES string of the molecule is Cc1cccc2c1nc(Sc1ncc(C(F)(F)F)cc1Cl)n2CCCC(=O)O. The molecule has 2 heterocycles. The van der Waals surface area contributed by atoms with Crippen LogP contribution in [0.25, 0.3) is 11.0 Å². The highest BCUT2D eigenvalue weighted by Gasteiger charge is 2.31. The van der Waals surface area contributed by atoms with E-state index in [0.29, 0.717) is 18.1 Å². The molecule has 3 aromatic rings. The fraction of sp³-hybridized carbons (Fsp3) is 0.278. The smallest absolute Gasteiger partial charge is 0.417 e. The summed E-state index contributed by atoms with van der Waals surface area (Å²) < 4.78 is 40.3. The van der Waals surface area contributed by atoms with Crippen molar-refractivity contribution in [3.05, 3.63) is 46.6 Å². The van der Waals surface area contributed by atoms with Crippen LogP contribution in [0.1, 0.15) is 24.0 Å². The van der Waals surface area contributed by atoms with Crippen molar-refractivity contribution in [3.8, 4) is 0 Å². The number of pyridine rings is 1. The second-order valence-electron chi connectivity index (χ2n) is 6.10. The lowest BCUT2D eigenvalue weighted by atomic mass is 10.2. The van der Waals surface area contributed by atoms with E-state index in [9.17, 15) is 18.0 Å². The number of carboxylic acids is 1. The molecule has 0 aliphatic heterocycles. The summed E-state index contributed by atoms with van der Waals surface area (Å²) in [5.74, 6) is -0.901. The zero-order chi connectivity index (χ0) is 20.5. The summed E-state index contributed by atoms with van der Waals surface area (Å²) in [4.78, 5) is 19.3. The second-order valence-corrected chi connectivity index (χ2v) is 7.46. The third kappa shape index (κ3) is 4.41. The van der Waals surface area contributed by atoms with Gasteiger partial charge < -0.3 is 9.67 Å². The number of carbonyl (C=O) groups is 1. The number of carboxylic acid groups (broad SMARTS) is 1. The normalized spacial score (nSPS) is 11.9. The molecule has 0 bridgehead atoms. The number of alkyl halides is 3. The molecule has 0 fully saturated rings. The van der Waals surface area contributed by atoms with Gasteiger partial charge in [-0.1, -0.05) is 23.7 Å². The first-order valence-corrected chi connectivity index (χ1v) is 9.44. The van der Waals surface area contributed by atoms with E-state index in [2.05, 4.69) is 9.97 Å².